The first-order chi connectivity index (χ1) is 8.15. The molecule has 0 bridgehead atoms. The Balaban J connectivity index is 1.60. The highest BCUT2D eigenvalue weighted by atomic mass is 16.1. The Bertz CT molecular complexity index is 266. The lowest BCUT2D eigenvalue weighted by atomic mass is 9.66. The normalized spacial score (nSPS) is 22.3. The summed E-state index contributed by atoms with van der Waals surface area (Å²) in [5.74, 6) is 0.180. The van der Waals surface area contributed by atoms with Crippen LogP contribution in [0.2, 0.25) is 0 Å². The molecule has 0 aromatic rings. The third kappa shape index (κ3) is 3.42. The minimum Gasteiger partial charge on any atom is -0.355 e. The molecule has 4 nitrogen and oxygen atoms in total. The van der Waals surface area contributed by atoms with Crippen LogP contribution in [0.3, 0.4) is 0 Å². The molecule has 0 heterocycles. The fraction of sp³-hybridized carbons (Fsp3) is 0.923. The highest BCUT2D eigenvalue weighted by Gasteiger charge is 2.37. The Morgan fingerprint density at radius 2 is 2.18 bits per heavy atom. The van der Waals surface area contributed by atoms with Crippen molar-refractivity contribution in [1.82, 2.24) is 10.2 Å². The molecular formula is C13H25N3O. The summed E-state index contributed by atoms with van der Waals surface area (Å²) in [5.41, 5.74) is 5.89. The molecule has 0 radical (unpaired) electrons. The summed E-state index contributed by atoms with van der Waals surface area (Å²) < 4.78 is 0. The minimum atomic E-state index is 0.131. The van der Waals surface area contributed by atoms with E-state index in [9.17, 15) is 4.79 Å². The minimum absolute atomic E-state index is 0.131. The second-order valence-corrected chi connectivity index (χ2v) is 5.80. The number of likely N-dealkylation sites (N-methyl/N-ethyl adjacent to an activating group) is 1. The van der Waals surface area contributed by atoms with E-state index in [1.165, 1.54) is 19.3 Å². The number of nitrogens with two attached hydrogens (primary N) is 1. The van der Waals surface area contributed by atoms with Gasteiger partial charge in [-0.15, -0.1) is 0 Å². The van der Waals surface area contributed by atoms with Crippen LogP contribution in [0.25, 0.3) is 0 Å². The van der Waals surface area contributed by atoms with Gasteiger partial charge in [0.05, 0.1) is 0 Å². The van der Waals surface area contributed by atoms with Crippen LogP contribution in [-0.4, -0.2) is 43.5 Å². The number of hydrogen-bond acceptors (Lipinski definition) is 3. The van der Waals surface area contributed by atoms with E-state index in [-0.39, 0.29) is 11.3 Å². The van der Waals surface area contributed by atoms with Crippen molar-refractivity contribution in [3.63, 3.8) is 0 Å². The number of carbonyl (C=O) groups excluding carboxylic acids is 1. The van der Waals surface area contributed by atoms with Gasteiger partial charge in [0.2, 0.25) is 5.91 Å². The van der Waals surface area contributed by atoms with E-state index in [0.29, 0.717) is 13.0 Å². The molecule has 17 heavy (non-hydrogen) atoms. The molecule has 3 N–H and O–H groups in total. The second kappa shape index (κ2) is 5.36. The van der Waals surface area contributed by atoms with Gasteiger partial charge in [0.1, 0.15) is 0 Å². The predicted octanol–water partition coefficient (Wildman–Crippen LogP) is 0.716. The van der Waals surface area contributed by atoms with Crippen molar-refractivity contribution in [2.75, 3.05) is 26.7 Å². The molecule has 0 aromatic heterocycles. The quantitative estimate of drug-likeness (QED) is 0.688. The molecule has 2 rings (SSSR count). The topological polar surface area (TPSA) is 58.4 Å². The Hall–Kier alpha value is -0.610. The zero-order valence-electron chi connectivity index (χ0n) is 10.9. The number of rotatable bonds is 7. The molecule has 0 spiro atoms. The summed E-state index contributed by atoms with van der Waals surface area (Å²) in [6.45, 7) is 2.39. The van der Waals surface area contributed by atoms with E-state index >= 15 is 0 Å². The van der Waals surface area contributed by atoms with Gasteiger partial charge >= 0.3 is 0 Å². The SMILES string of the molecule is CN(CCNC(=O)CC1(CN)CCC1)C1CC1. The maximum Gasteiger partial charge on any atom is 0.220 e. The van der Waals surface area contributed by atoms with E-state index in [1.54, 1.807) is 0 Å². The molecule has 1 amide bonds. The molecule has 98 valence electrons. The van der Waals surface area contributed by atoms with Crippen molar-refractivity contribution in [1.29, 1.82) is 0 Å². The number of nitrogens with one attached hydrogen (secondary N) is 1. The summed E-state index contributed by atoms with van der Waals surface area (Å²) in [4.78, 5) is 14.1. The second-order valence-electron chi connectivity index (χ2n) is 5.80. The summed E-state index contributed by atoms with van der Waals surface area (Å²) in [5, 5.41) is 3.02. The molecule has 2 saturated carbocycles. The zero-order chi connectivity index (χ0) is 12.3. The lowest BCUT2D eigenvalue weighted by Gasteiger charge is -2.40. The van der Waals surface area contributed by atoms with Gasteiger partial charge in [-0.1, -0.05) is 6.42 Å². The maximum absolute atomic E-state index is 11.8. The van der Waals surface area contributed by atoms with Gasteiger partial charge in [-0.3, -0.25) is 4.79 Å². The third-order valence-electron chi connectivity index (χ3n) is 4.34. The molecule has 0 aliphatic heterocycles. The fourth-order valence-corrected chi connectivity index (χ4v) is 2.60. The molecule has 4 heteroatoms. The Morgan fingerprint density at radius 3 is 2.65 bits per heavy atom. The van der Waals surface area contributed by atoms with Crippen LogP contribution in [0.5, 0.6) is 0 Å². The lowest BCUT2D eigenvalue weighted by Crippen LogP contribution is -2.43. The number of carbonyl (C=O) groups is 1. The average molecular weight is 239 g/mol. The van der Waals surface area contributed by atoms with Crippen LogP contribution in [0.1, 0.15) is 38.5 Å². The first-order valence-electron chi connectivity index (χ1n) is 6.82. The van der Waals surface area contributed by atoms with Gasteiger partial charge in [0.25, 0.3) is 0 Å². The maximum atomic E-state index is 11.8. The largest absolute Gasteiger partial charge is 0.355 e. The highest BCUT2D eigenvalue weighted by Crippen LogP contribution is 2.42. The summed E-state index contributed by atoms with van der Waals surface area (Å²) in [6.07, 6.45) is 6.74. The molecule has 2 aliphatic rings. The first-order valence-corrected chi connectivity index (χ1v) is 6.82. The van der Waals surface area contributed by atoms with Gasteiger partial charge < -0.3 is 16.0 Å². The van der Waals surface area contributed by atoms with Crippen molar-refractivity contribution in [3.8, 4) is 0 Å². The van der Waals surface area contributed by atoms with Gasteiger partial charge in [0, 0.05) is 25.6 Å². The van der Waals surface area contributed by atoms with Crippen molar-refractivity contribution in [2.45, 2.75) is 44.6 Å². The lowest BCUT2D eigenvalue weighted by molar-refractivity contribution is -0.124. The first kappa shape index (κ1) is 12.8. The Morgan fingerprint density at radius 1 is 1.47 bits per heavy atom. The van der Waals surface area contributed by atoms with E-state index in [2.05, 4.69) is 17.3 Å². The molecular weight excluding hydrogens is 214 g/mol. The predicted molar refractivity (Wildman–Crippen MR) is 68.6 cm³/mol. The zero-order valence-corrected chi connectivity index (χ0v) is 10.9. The van der Waals surface area contributed by atoms with Crippen molar-refractivity contribution in [2.24, 2.45) is 11.1 Å². The van der Waals surface area contributed by atoms with E-state index in [4.69, 9.17) is 5.73 Å². The number of nitrogens with zero attached hydrogens (tertiary/aromatic N) is 1. The number of hydrogen-bond donors (Lipinski definition) is 2. The van der Waals surface area contributed by atoms with Crippen LogP contribution in [-0.2, 0) is 4.79 Å². The molecule has 0 unspecified atom stereocenters. The van der Waals surface area contributed by atoms with Crippen LogP contribution in [0.15, 0.2) is 0 Å². The molecule has 2 aliphatic carbocycles. The van der Waals surface area contributed by atoms with E-state index in [0.717, 1.165) is 32.0 Å². The Labute approximate surface area is 104 Å². The van der Waals surface area contributed by atoms with Gasteiger partial charge in [-0.05, 0) is 44.7 Å². The Kier molecular flexibility index (Phi) is 4.05. The van der Waals surface area contributed by atoms with Gasteiger partial charge in [-0.2, -0.15) is 0 Å². The standard InChI is InChI=1S/C13H25N3O/c1-16(11-3-4-11)8-7-15-12(17)9-13(10-14)5-2-6-13/h11H,2-10,14H2,1H3,(H,15,17). The summed E-state index contributed by atoms with van der Waals surface area (Å²) in [7, 11) is 2.14. The van der Waals surface area contributed by atoms with Crippen LogP contribution in [0.4, 0.5) is 0 Å². The molecule has 0 atom stereocenters. The number of amides is 1. The van der Waals surface area contributed by atoms with Crippen LogP contribution < -0.4 is 11.1 Å². The van der Waals surface area contributed by atoms with Crippen molar-refractivity contribution in [3.05, 3.63) is 0 Å². The fourth-order valence-electron chi connectivity index (χ4n) is 2.60. The highest BCUT2D eigenvalue weighted by molar-refractivity contribution is 5.76. The molecule has 2 fully saturated rings. The monoisotopic (exact) mass is 239 g/mol. The molecule has 0 aromatic carbocycles. The van der Waals surface area contributed by atoms with Crippen LogP contribution >= 0.6 is 0 Å². The van der Waals surface area contributed by atoms with Gasteiger partial charge in [-0.25, -0.2) is 0 Å². The van der Waals surface area contributed by atoms with Crippen molar-refractivity contribution >= 4 is 5.91 Å². The third-order valence-corrected chi connectivity index (χ3v) is 4.34. The van der Waals surface area contributed by atoms with Gasteiger partial charge in [0.15, 0.2) is 0 Å². The van der Waals surface area contributed by atoms with E-state index in [1.807, 2.05) is 0 Å². The smallest absolute Gasteiger partial charge is 0.220 e. The van der Waals surface area contributed by atoms with E-state index < -0.39 is 0 Å². The van der Waals surface area contributed by atoms with Crippen LogP contribution in [0, 0.1) is 5.41 Å². The average Bonchev–Trinajstić information content (AvgIpc) is 3.07. The van der Waals surface area contributed by atoms with Crippen molar-refractivity contribution < 1.29 is 4.79 Å². The summed E-state index contributed by atoms with van der Waals surface area (Å²) >= 11 is 0. The summed E-state index contributed by atoms with van der Waals surface area (Å²) in [6, 6.07) is 0.772. The molecule has 0 saturated heterocycles.